The summed E-state index contributed by atoms with van der Waals surface area (Å²) in [6.07, 6.45) is 4.48. The predicted molar refractivity (Wildman–Crippen MR) is 131 cm³/mol. The Balaban J connectivity index is 1.23. The average Bonchev–Trinajstić information content (AvgIpc) is 3.17. The number of hydrogen-bond acceptors (Lipinski definition) is 6. The molecule has 3 aromatic heterocycles. The summed E-state index contributed by atoms with van der Waals surface area (Å²) in [6, 6.07) is 13.6. The highest BCUT2D eigenvalue weighted by molar-refractivity contribution is 7.19. The van der Waals surface area contributed by atoms with Crippen molar-refractivity contribution in [2.45, 2.75) is 19.4 Å². The molecule has 8 nitrogen and oxygen atoms in total. The number of imidazole rings is 1. The zero-order valence-corrected chi connectivity index (χ0v) is 19.5. The van der Waals surface area contributed by atoms with Crippen LogP contribution >= 0.6 is 11.3 Å². The number of aryl methyl sites for hydroxylation is 1. The number of amides is 2. The fourth-order valence-corrected chi connectivity index (χ4v) is 5.87. The molecule has 172 valence electrons. The molecule has 1 aliphatic carbocycles. The maximum absolute atomic E-state index is 13.7. The van der Waals surface area contributed by atoms with Gasteiger partial charge < -0.3 is 16.0 Å². The van der Waals surface area contributed by atoms with Crippen molar-refractivity contribution < 1.29 is 9.59 Å². The van der Waals surface area contributed by atoms with E-state index in [9.17, 15) is 9.59 Å². The molecule has 0 radical (unpaired) electrons. The minimum absolute atomic E-state index is 0.0612. The van der Waals surface area contributed by atoms with Gasteiger partial charge in [-0.25, -0.2) is 9.97 Å². The topological polar surface area (TPSA) is 106 Å². The zero-order chi connectivity index (χ0) is 23.4. The van der Waals surface area contributed by atoms with Crippen LogP contribution in [0.2, 0.25) is 0 Å². The molecule has 2 amide bonds. The highest BCUT2D eigenvalue weighted by atomic mass is 32.1. The Bertz CT molecular complexity index is 1430. The van der Waals surface area contributed by atoms with Crippen LogP contribution in [0.15, 0.2) is 54.9 Å². The smallest absolute Gasteiger partial charge is 0.274 e. The lowest BCUT2D eigenvalue weighted by Gasteiger charge is -2.27. The van der Waals surface area contributed by atoms with Crippen molar-refractivity contribution in [1.29, 1.82) is 0 Å². The van der Waals surface area contributed by atoms with Gasteiger partial charge in [0.05, 0.1) is 17.1 Å². The van der Waals surface area contributed by atoms with Gasteiger partial charge in [0, 0.05) is 19.3 Å². The van der Waals surface area contributed by atoms with Crippen LogP contribution in [0.25, 0.3) is 16.1 Å². The Morgan fingerprint density at radius 2 is 2.12 bits per heavy atom. The third kappa shape index (κ3) is 3.52. The Morgan fingerprint density at radius 3 is 2.97 bits per heavy atom. The second-order valence-corrected chi connectivity index (χ2v) is 10.1. The summed E-state index contributed by atoms with van der Waals surface area (Å²) in [5.41, 5.74) is 9.68. The number of aromatic nitrogens is 3. The van der Waals surface area contributed by atoms with Gasteiger partial charge in [-0.15, -0.1) is 0 Å². The Morgan fingerprint density at radius 1 is 1.24 bits per heavy atom. The van der Waals surface area contributed by atoms with Gasteiger partial charge >= 0.3 is 0 Å². The quantitative estimate of drug-likeness (QED) is 0.464. The first-order chi connectivity index (χ1) is 16.5. The number of carbonyl (C=O) groups excluding carboxylic acids is 2. The molecule has 4 aromatic rings. The molecule has 1 saturated carbocycles. The molecule has 2 fully saturated rings. The summed E-state index contributed by atoms with van der Waals surface area (Å²) < 4.78 is 1.76. The van der Waals surface area contributed by atoms with Crippen LogP contribution in [0.4, 0.5) is 5.13 Å². The summed E-state index contributed by atoms with van der Waals surface area (Å²) >= 11 is 1.33. The first-order valence-electron chi connectivity index (χ1n) is 11.3. The van der Waals surface area contributed by atoms with Gasteiger partial charge in [-0.1, -0.05) is 47.2 Å². The number of nitrogens with two attached hydrogens (primary N) is 1. The summed E-state index contributed by atoms with van der Waals surface area (Å²) in [5, 5.41) is 3.41. The van der Waals surface area contributed by atoms with Crippen molar-refractivity contribution in [2.75, 3.05) is 18.8 Å². The Labute approximate surface area is 200 Å². The highest BCUT2D eigenvalue weighted by Crippen LogP contribution is 2.50. The molecule has 1 aliphatic heterocycles. The monoisotopic (exact) mass is 472 g/mol. The lowest BCUT2D eigenvalue weighted by molar-refractivity contribution is 0.0690. The summed E-state index contributed by atoms with van der Waals surface area (Å²) in [4.78, 5) is 37.9. The number of nitrogens with zero attached hydrogens (tertiary/aromatic N) is 4. The van der Waals surface area contributed by atoms with E-state index in [0.717, 1.165) is 28.1 Å². The predicted octanol–water partition coefficient (Wildman–Crippen LogP) is 3.24. The van der Waals surface area contributed by atoms with E-state index in [1.807, 2.05) is 60.5 Å². The van der Waals surface area contributed by atoms with Crippen LogP contribution in [0.3, 0.4) is 0 Å². The minimum Gasteiger partial charge on any atom is -0.375 e. The van der Waals surface area contributed by atoms with E-state index in [1.165, 1.54) is 11.3 Å². The van der Waals surface area contributed by atoms with E-state index < -0.39 is 0 Å². The van der Waals surface area contributed by atoms with E-state index in [-0.39, 0.29) is 17.9 Å². The summed E-state index contributed by atoms with van der Waals surface area (Å²) in [7, 11) is 0. The lowest BCUT2D eigenvalue weighted by Crippen LogP contribution is -2.46. The summed E-state index contributed by atoms with van der Waals surface area (Å²) in [5.74, 6) is 0.573. The van der Waals surface area contributed by atoms with Crippen LogP contribution in [-0.2, 0) is 0 Å². The van der Waals surface area contributed by atoms with Gasteiger partial charge in [-0.05, 0) is 42.9 Å². The molecule has 0 bridgehead atoms. The normalized spacial score (nSPS) is 21.0. The molecule has 3 N–H and O–H groups in total. The fourth-order valence-electron chi connectivity index (χ4n) is 5.05. The molecular formula is C25H24N6O2S. The number of piperidine rings is 1. The van der Waals surface area contributed by atoms with E-state index in [4.69, 9.17) is 5.73 Å². The summed E-state index contributed by atoms with van der Waals surface area (Å²) in [6.45, 7) is 3.10. The van der Waals surface area contributed by atoms with Gasteiger partial charge in [0.15, 0.2) is 5.13 Å². The largest absolute Gasteiger partial charge is 0.375 e. The SMILES string of the molecule is Cc1cccc(-c2sc(N)nc2C(=O)N2C[C@H]3C[C@H]3[C@H]2CNC(=O)c2cnc3ccccn23)c1. The number of carbonyl (C=O) groups is 2. The molecular weight excluding hydrogens is 448 g/mol. The third-order valence-electron chi connectivity index (χ3n) is 6.81. The molecule has 0 spiro atoms. The second kappa shape index (κ2) is 7.95. The highest BCUT2D eigenvalue weighted by Gasteiger charge is 2.54. The first kappa shape index (κ1) is 20.9. The third-order valence-corrected chi connectivity index (χ3v) is 7.75. The molecule has 0 unspecified atom stereocenters. The Hall–Kier alpha value is -3.72. The van der Waals surface area contributed by atoms with Crippen LogP contribution in [0.5, 0.6) is 0 Å². The van der Waals surface area contributed by atoms with Gasteiger partial charge in [0.1, 0.15) is 17.0 Å². The number of nitrogens with one attached hydrogen (secondary N) is 1. The van der Waals surface area contributed by atoms with Crippen LogP contribution in [0.1, 0.15) is 33.0 Å². The Kier molecular flexibility index (Phi) is 4.88. The number of anilines is 1. The van der Waals surface area contributed by atoms with Crippen molar-refractivity contribution in [1.82, 2.24) is 24.6 Å². The molecule has 4 heterocycles. The van der Waals surface area contributed by atoms with E-state index >= 15 is 0 Å². The van der Waals surface area contributed by atoms with Crippen molar-refractivity contribution >= 4 is 33.9 Å². The molecule has 34 heavy (non-hydrogen) atoms. The van der Waals surface area contributed by atoms with Gasteiger partial charge in [-0.3, -0.25) is 14.0 Å². The van der Waals surface area contributed by atoms with E-state index in [0.29, 0.717) is 41.4 Å². The zero-order valence-electron chi connectivity index (χ0n) is 18.6. The number of rotatable bonds is 5. The number of pyridine rings is 1. The number of benzene rings is 1. The number of hydrogen-bond donors (Lipinski definition) is 2. The van der Waals surface area contributed by atoms with Gasteiger partial charge in [0.25, 0.3) is 11.8 Å². The lowest BCUT2D eigenvalue weighted by atomic mass is 10.1. The maximum Gasteiger partial charge on any atom is 0.274 e. The standard InChI is InChI=1S/C25H24N6O2S/c1-14-5-4-6-15(9-14)22-21(29-25(26)34-22)24(33)31-13-16-10-17(16)18(31)11-28-23(32)19-12-27-20-7-2-3-8-30(19)20/h2-9,12,16-18H,10-11,13H2,1H3,(H2,26,29)(H,28,32)/t16-,17-,18-/m1/s1. The number of nitrogen functional groups attached to an aromatic ring is 1. The van der Waals surface area contributed by atoms with Crippen molar-refractivity contribution in [3.8, 4) is 10.4 Å². The molecule has 1 saturated heterocycles. The van der Waals surface area contributed by atoms with E-state index in [2.05, 4.69) is 15.3 Å². The van der Waals surface area contributed by atoms with Crippen LogP contribution in [0, 0.1) is 18.8 Å². The number of fused-ring (bicyclic) bond motifs is 2. The minimum atomic E-state index is -0.200. The second-order valence-electron chi connectivity index (χ2n) is 9.07. The average molecular weight is 473 g/mol. The molecule has 9 heteroatoms. The van der Waals surface area contributed by atoms with E-state index in [1.54, 1.807) is 10.6 Å². The maximum atomic E-state index is 13.7. The van der Waals surface area contributed by atoms with Gasteiger partial charge in [-0.2, -0.15) is 0 Å². The number of thiazole rings is 1. The molecule has 3 atom stereocenters. The molecule has 2 aliphatic rings. The van der Waals surface area contributed by atoms with Crippen molar-refractivity contribution in [3.05, 3.63) is 71.8 Å². The van der Waals surface area contributed by atoms with Crippen LogP contribution in [-0.4, -0.2) is 50.2 Å². The molecule has 6 rings (SSSR count). The van der Waals surface area contributed by atoms with Crippen molar-refractivity contribution in [3.63, 3.8) is 0 Å². The van der Waals surface area contributed by atoms with Crippen LogP contribution < -0.4 is 11.1 Å². The molecule has 1 aromatic carbocycles. The number of likely N-dealkylation sites (tertiary alicyclic amines) is 1. The fraction of sp³-hybridized carbons (Fsp3) is 0.280. The first-order valence-corrected chi connectivity index (χ1v) is 12.2. The van der Waals surface area contributed by atoms with Gasteiger partial charge in [0.2, 0.25) is 0 Å². The van der Waals surface area contributed by atoms with Crippen molar-refractivity contribution in [2.24, 2.45) is 11.8 Å².